The van der Waals surface area contributed by atoms with Gasteiger partial charge in [0.2, 0.25) is 5.88 Å². The van der Waals surface area contributed by atoms with E-state index in [0.717, 1.165) is 17.9 Å². The Hall–Kier alpha value is -2.47. The van der Waals surface area contributed by atoms with Crippen molar-refractivity contribution in [2.24, 2.45) is 16.6 Å². The van der Waals surface area contributed by atoms with Crippen LogP contribution < -0.4 is 20.5 Å². The maximum Gasteiger partial charge on any atom is 0.213 e. The molecule has 1 heterocycles. The molecule has 0 spiro atoms. The van der Waals surface area contributed by atoms with E-state index in [1.807, 2.05) is 18.2 Å². The van der Waals surface area contributed by atoms with Crippen LogP contribution in [0.2, 0.25) is 5.02 Å². The molecule has 0 unspecified atom stereocenters. The second-order valence-electron chi connectivity index (χ2n) is 5.93. The monoisotopic (exact) mass is 360 g/mol. The van der Waals surface area contributed by atoms with Gasteiger partial charge in [0.1, 0.15) is 5.75 Å². The normalized spacial score (nSPS) is 14.2. The van der Waals surface area contributed by atoms with E-state index in [4.69, 9.17) is 26.8 Å². The Morgan fingerprint density at radius 3 is 2.92 bits per heavy atom. The molecule has 1 fully saturated rings. The van der Waals surface area contributed by atoms with Crippen molar-refractivity contribution in [1.82, 2.24) is 4.98 Å². The highest BCUT2D eigenvalue weighted by atomic mass is 35.5. The smallest absolute Gasteiger partial charge is 0.213 e. The molecule has 6 nitrogen and oxygen atoms in total. The van der Waals surface area contributed by atoms with E-state index >= 15 is 0 Å². The summed E-state index contributed by atoms with van der Waals surface area (Å²) < 4.78 is 10.8. The summed E-state index contributed by atoms with van der Waals surface area (Å²) in [6.45, 7) is 1.17. The first-order chi connectivity index (χ1) is 12.1. The number of hydrogen-bond donors (Lipinski definition) is 2. The van der Waals surface area contributed by atoms with Gasteiger partial charge in [-0.2, -0.15) is 0 Å². The van der Waals surface area contributed by atoms with Gasteiger partial charge >= 0.3 is 0 Å². The van der Waals surface area contributed by atoms with Gasteiger partial charge in [-0.05, 0) is 48.6 Å². The van der Waals surface area contributed by atoms with E-state index in [2.05, 4.69) is 15.3 Å². The molecule has 0 saturated heterocycles. The van der Waals surface area contributed by atoms with Crippen LogP contribution >= 0.6 is 11.6 Å². The van der Waals surface area contributed by atoms with Gasteiger partial charge in [0.05, 0.1) is 25.3 Å². The number of rotatable bonds is 7. The molecule has 0 atom stereocenters. The molecule has 3 N–H and O–H groups in total. The molecule has 0 radical (unpaired) electrons. The first-order valence-electron chi connectivity index (χ1n) is 8.12. The molecule has 3 rings (SSSR count). The number of aromatic nitrogens is 1. The van der Waals surface area contributed by atoms with Crippen molar-refractivity contribution in [3.05, 3.63) is 47.1 Å². The molecule has 1 aliphatic carbocycles. The standard InChI is InChI=1S/C18H21ClN4O2/c1-24-16-5-4-14(9-15(16)19)23-18(20)22-10-13-6-7-21-17(8-13)25-11-12-2-3-12/h4-9,12H,2-3,10-11H2,1H3,(H3,20,22,23). The van der Waals surface area contributed by atoms with Crippen molar-refractivity contribution in [2.75, 3.05) is 19.0 Å². The largest absolute Gasteiger partial charge is 0.495 e. The van der Waals surface area contributed by atoms with Crippen molar-refractivity contribution in [3.8, 4) is 11.6 Å². The number of aliphatic imine (C=N–C) groups is 1. The predicted molar refractivity (Wildman–Crippen MR) is 99.4 cm³/mol. The zero-order valence-electron chi connectivity index (χ0n) is 14.0. The number of hydrogen-bond acceptors (Lipinski definition) is 4. The molecule has 0 bridgehead atoms. The maximum absolute atomic E-state index is 6.09. The highest BCUT2D eigenvalue weighted by Gasteiger charge is 2.22. The van der Waals surface area contributed by atoms with Crippen molar-refractivity contribution in [2.45, 2.75) is 19.4 Å². The first kappa shape index (κ1) is 17.4. The van der Waals surface area contributed by atoms with Crippen LogP contribution in [0.5, 0.6) is 11.6 Å². The van der Waals surface area contributed by atoms with Gasteiger partial charge < -0.3 is 20.5 Å². The van der Waals surface area contributed by atoms with E-state index in [9.17, 15) is 0 Å². The fourth-order valence-corrected chi connectivity index (χ4v) is 2.48. The van der Waals surface area contributed by atoms with Gasteiger partial charge in [-0.3, -0.25) is 0 Å². The predicted octanol–water partition coefficient (Wildman–Crippen LogP) is 3.46. The summed E-state index contributed by atoms with van der Waals surface area (Å²) >= 11 is 6.09. The van der Waals surface area contributed by atoms with E-state index in [-0.39, 0.29) is 0 Å². The Bertz CT molecular complexity index is 762. The van der Waals surface area contributed by atoms with Crippen LogP contribution in [0.15, 0.2) is 41.5 Å². The minimum absolute atomic E-state index is 0.304. The number of pyridine rings is 1. The number of anilines is 1. The van der Waals surface area contributed by atoms with Crippen LogP contribution in [0.3, 0.4) is 0 Å². The minimum Gasteiger partial charge on any atom is -0.495 e. The minimum atomic E-state index is 0.304. The molecule has 132 valence electrons. The summed E-state index contributed by atoms with van der Waals surface area (Å²) in [5, 5.41) is 3.51. The van der Waals surface area contributed by atoms with Crippen molar-refractivity contribution >= 4 is 23.2 Å². The quantitative estimate of drug-likeness (QED) is 0.583. The third kappa shape index (κ3) is 5.26. The third-order valence-corrected chi connectivity index (χ3v) is 4.11. The Morgan fingerprint density at radius 2 is 2.20 bits per heavy atom. The lowest BCUT2D eigenvalue weighted by molar-refractivity contribution is 0.288. The van der Waals surface area contributed by atoms with Crippen molar-refractivity contribution < 1.29 is 9.47 Å². The lowest BCUT2D eigenvalue weighted by Crippen LogP contribution is -2.22. The molecule has 25 heavy (non-hydrogen) atoms. The van der Waals surface area contributed by atoms with Gasteiger partial charge in [-0.25, -0.2) is 9.98 Å². The van der Waals surface area contributed by atoms with Crippen LogP contribution in [0.25, 0.3) is 0 Å². The summed E-state index contributed by atoms with van der Waals surface area (Å²) in [6.07, 6.45) is 4.23. The van der Waals surface area contributed by atoms with Crippen LogP contribution in [0.1, 0.15) is 18.4 Å². The highest BCUT2D eigenvalue weighted by molar-refractivity contribution is 6.32. The summed E-state index contributed by atoms with van der Waals surface area (Å²) in [5.74, 6) is 2.24. The number of guanidine groups is 1. The summed E-state index contributed by atoms with van der Waals surface area (Å²) in [7, 11) is 1.57. The maximum atomic E-state index is 6.09. The number of ether oxygens (including phenoxy) is 2. The van der Waals surface area contributed by atoms with Gasteiger partial charge in [0, 0.05) is 18.0 Å². The lowest BCUT2D eigenvalue weighted by atomic mass is 10.2. The van der Waals surface area contributed by atoms with Crippen LogP contribution in [-0.4, -0.2) is 24.7 Å². The fourth-order valence-electron chi connectivity index (χ4n) is 2.22. The summed E-state index contributed by atoms with van der Waals surface area (Å²) in [5.41, 5.74) is 7.67. The van der Waals surface area contributed by atoms with Crippen molar-refractivity contribution in [1.29, 1.82) is 0 Å². The third-order valence-electron chi connectivity index (χ3n) is 3.82. The van der Waals surface area contributed by atoms with E-state index in [1.165, 1.54) is 12.8 Å². The molecule has 1 aromatic heterocycles. The Kier molecular flexibility index (Phi) is 5.60. The Balaban J connectivity index is 1.57. The second-order valence-corrected chi connectivity index (χ2v) is 6.34. The highest BCUT2D eigenvalue weighted by Crippen LogP contribution is 2.29. The Morgan fingerprint density at radius 1 is 1.36 bits per heavy atom. The van der Waals surface area contributed by atoms with Crippen LogP contribution in [0.4, 0.5) is 5.69 Å². The van der Waals surface area contributed by atoms with Gasteiger partial charge in [0.25, 0.3) is 0 Å². The van der Waals surface area contributed by atoms with Gasteiger partial charge in [-0.1, -0.05) is 11.6 Å². The molecule has 2 aromatic rings. The topological polar surface area (TPSA) is 81.8 Å². The first-order valence-corrected chi connectivity index (χ1v) is 8.50. The van der Waals surface area contributed by atoms with E-state index < -0.39 is 0 Å². The molecule has 0 aliphatic heterocycles. The molecular weight excluding hydrogens is 340 g/mol. The summed E-state index contributed by atoms with van der Waals surface area (Å²) in [6, 6.07) is 9.11. The van der Waals surface area contributed by atoms with Gasteiger partial charge in [0.15, 0.2) is 5.96 Å². The molecule has 7 heteroatoms. The number of nitrogens with two attached hydrogens (primary N) is 1. The summed E-state index contributed by atoms with van der Waals surface area (Å²) in [4.78, 5) is 8.55. The molecule has 1 saturated carbocycles. The fraction of sp³-hybridized carbons (Fsp3) is 0.333. The van der Waals surface area contributed by atoms with Crippen LogP contribution in [-0.2, 0) is 6.54 Å². The SMILES string of the molecule is COc1ccc(NC(N)=NCc2ccnc(OCC3CC3)c2)cc1Cl. The number of nitrogens with zero attached hydrogens (tertiary/aromatic N) is 2. The number of benzene rings is 1. The molecule has 0 amide bonds. The van der Waals surface area contributed by atoms with E-state index in [1.54, 1.807) is 25.4 Å². The lowest BCUT2D eigenvalue weighted by Gasteiger charge is -2.09. The zero-order chi connectivity index (χ0) is 17.6. The zero-order valence-corrected chi connectivity index (χ0v) is 14.8. The molecule has 1 aromatic carbocycles. The number of halogens is 1. The van der Waals surface area contributed by atoms with Crippen LogP contribution in [0, 0.1) is 5.92 Å². The molecular formula is C18H21ClN4O2. The average Bonchev–Trinajstić information content (AvgIpc) is 3.43. The van der Waals surface area contributed by atoms with E-state index in [0.29, 0.717) is 35.1 Å². The molecule has 1 aliphatic rings. The second kappa shape index (κ2) is 8.07. The number of methoxy groups -OCH3 is 1. The average molecular weight is 361 g/mol. The van der Waals surface area contributed by atoms with Crippen molar-refractivity contribution in [3.63, 3.8) is 0 Å². The number of nitrogens with one attached hydrogen (secondary N) is 1. The van der Waals surface area contributed by atoms with Gasteiger partial charge in [-0.15, -0.1) is 0 Å². The Labute approximate surface area is 152 Å².